The van der Waals surface area contributed by atoms with Crippen LogP contribution in [-0.4, -0.2) is 24.6 Å². The lowest BCUT2D eigenvalue weighted by Gasteiger charge is -2.28. The van der Waals surface area contributed by atoms with Crippen LogP contribution in [0.3, 0.4) is 0 Å². The van der Waals surface area contributed by atoms with Crippen LogP contribution in [0.4, 0.5) is 10.5 Å². The van der Waals surface area contributed by atoms with Crippen molar-refractivity contribution < 1.29 is 14.3 Å². The molecule has 1 saturated carbocycles. The van der Waals surface area contributed by atoms with Crippen molar-refractivity contribution in [3.8, 4) is 5.75 Å². The molecule has 3 aromatic rings. The van der Waals surface area contributed by atoms with Crippen molar-refractivity contribution in [3.63, 3.8) is 0 Å². The van der Waals surface area contributed by atoms with Crippen LogP contribution >= 0.6 is 11.8 Å². The number of esters is 1. The molecule has 0 atom stereocenters. The minimum atomic E-state index is -0.204. The van der Waals surface area contributed by atoms with Gasteiger partial charge in [0.1, 0.15) is 5.75 Å². The zero-order valence-electron chi connectivity index (χ0n) is 22.2. The molecule has 0 unspecified atom stereocenters. The number of amides is 2. The molecule has 0 heterocycles. The van der Waals surface area contributed by atoms with E-state index in [0.717, 1.165) is 47.6 Å². The van der Waals surface area contributed by atoms with Gasteiger partial charge in [0.2, 0.25) is 0 Å². The third-order valence-electron chi connectivity index (χ3n) is 6.76. The number of anilines is 1. The zero-order chi connectivity index (χ0) is 26.6. The number of urea groups is 1. The number of nitrogens with one attached hydrogen (secondary N) is 1. The summed E-state index contributed by atoms with van der Waals surface area (Å²) in [5.74, 6) is 0.364. The molecule has 1 aliphatic carbocycles. The Bertz CT molecular complexity index is 1140. The normalized spacial score (nSPS) is 13.6. The Morgan fingerprint density at radius 2 is 1.55 bits per heavy atom. The van der Waals surface area contributed by atoms with Crippen molar-refractivity contribution in [2.45, 2.75) is 80.5 Å². The first-order valence-corrected chi connectivity index (χ1v) is 14.6. The van der Waals surface area contributed by atoms with Gasteiger partial charge in [-0.15, -0.1) is 0 Å². The number of hydrogen-bond acceptors (Lipinski definition) is 4. The molecule has 0 aromatic heterocycles. The van der Waals surface area contributed by atoms with E-state index in [1.165, 1.54) is 24.8 Å². The molecule has 0 spiro atoms. The molecule has 3 aromatic carbocycles. The summed E-state index contributed by atoms with van der Waals surface area (Å²) in [5.41, 5.74) is 2.20. The SMILES string of the molecule is CCCC(=O)Oc1ccc(Sc2ccc(N(CCCc3ccccc3)C(=O)NC3CCCCC3)cc2)cc1. The lowest BCUT2D eigenvalue weighted by atomic mass is 9.96. The minimum absolute atomic E-state index is 0.00132. The van der Waals surface area contributed by atoms with E-state index in [4.69, 9.17) is 4.74 Å². The standard InChI is InChI=1S/C32H38N2O3S/c1-2-10-31(35)37-28-18-22-30(23-19-28)38-29-20-16-27(17-21-29)34(24-9-13-25-11-5-3-6-12-25)32(36)33-26-14-7-4-8-15-26/h3,5-6,11-12,16-23,26H,2,4,7-10,13-15,24H2,1H3,(H,33,36). The van der Waals surface area contributed by atoms with Crippen LogP contribution in [0.15, 0.2) is 88.7 Å². The fourth-order valence-corrected chi connectivity index (χ4v) is 5.54. The van der Waals surface area contributed by atoms with Crippen molar-refractivity contribution in [3.05, 3.63) is 84.4 Å². The van der Waals surface area contributed by atoms with Gasteiger partial charge in [0.25, 0.3) is 0 Å². The second-order valence-electron chi connectivity index (χ2n) is 9.82. The molecule has 6 heteroatoms. The van der Waals surface area contributed by atoms with Gasteiger partial charge in [0.15, 0.2) is 0 Å². The molecule has 200 valence electrons. The number of carbonyl (C=O) groups excluding carboxylic acids is 2. The van der Waals surface area contributed by atoms with Gasteiger partial charge < -0.3 is 10.1 Å². The summed E-state index contributed by atoms with van der Waals surface area (Å²) in [6.45, 7) is 2.62. The summed E-state index contributed by atoms with van der Waals surface area (Å²) >= 11 is 1.64. The van der Waals surface area contributed by atoms with Gasteiger partial charge in [-0.2, -0.15) is 0 Å². The van der Waals surface area contributed by atoms with Crippen molar-refractivity contribution in [2.24, 2.45) is 0 Å². The van der Waals surface area contributed by atoms with Crippen molar-refractivity contribution in [2.75, 3.05) is 11.4 Å². The fourth-order valence-electron chi connectivity index (χ4n) is 4.73. The fraction of sp³-hybridized carbons (Fsp3) is 0.375. The first-order valence-electron chi connectivity index (χ1n) is 13.8. The molecule has 2 amide bonds. The average Bonchev–Trinajstić information content (AvgIpc) is 2.94. The Balaban J connectivity index is 1.39. The highest BCUT2D eigenvalue weighted by molar-refractivity contribution is 7.99. The van der Waals surface area contributed by atoms with E-state index in [1.807, 2.05) is 54.3 Å². The third kappa shape index (κ3) is 8.66. The first kappa shape index (κ1) is 27.8. The van der Waals surface area contributed by atoms with Gasteiger partial charge in [-0.05, 0) is 86.2 Å². The maximum Gasteiger partial charge on any atom is 0.322 e. The van der Waals surface area contributed by atoms with E-state index in [1.54, 1.807) is 11.8 Å². The molecule has 4 rings (SSSR count). The molecule has 5 nitrogen and oxygen atoms in total. The van der Waals surface area contributed by atoms with E-state index >= 15 is 0 Å². The highest BCUT2D eigenvalue weighted by Crippen LogP contribution is 2.31. The summed E-state index contributed by atoms with van der Waals surface area (Å²) in [5, 5.41) is 3.29. The van der Waals surface area contributed by atoms with Crippen LogP contribution in [0.2, 0.25) is 0 Å². The Kier molecular flexibility index (Phi) is 10.7. The number of carbonyl (C=O) groups is 2. The predicted molar refractivity (Wildman–Crippen MR) is 155 cm³/mol. The van der Waals surface area contributed by atoms with Crippen LogP contribution < -0.4 is 15.0 Å². The van der Waals surface area contributed by atoms with Gasteiger partial charge in [0.05, 0.1) is 0 Å². The summed E-state index contributed by atoms with van der Waals surface area (Å²) < 4.78 is 5.35. The lowest BCUT2D eigenvalue weighted by Crippen LogP contribution is -2.46. The van der Waals surface area contributed by atoms with Crippen molar-refractivity contribution in [1.29, 1.82) is 0 Å². The molecule has 1 aliphatic rings. The monoisotopic (exact) mass is 530 g/mol. The quantitative estimate of drug-likeness (QED) is 0.201. The molecule has 38 heavy (non-hydrogen) atoms. The Morgan fingerprint density at radius 3 is 2.21 bits per heavy atom. The third-order valence-corrected chi connectivity index (χ3v) is 7.78. The van der Waals surface area contributed by atoms with E-state index < -0.39 is 0 Å². The molecular weight excluding hydrogens is 492 g/mol. The second kappa shape index (κ2) is 14.6. The van der Waals surface area contributed by atoms with Crippen molar-refractivity contribution >= 4 is 29.4 Å². The van der Waals surface area contributed by atoms with Gasteiger partial charge >= 0.3 is 12.0 Å². The van der Waals surface area contributed by atoms with Gasteiger partial charge in [-0.25, -0.2) is 4.79 Å². The molecule has 0 aliphatic heterocycles. The van der Waals surface area contributed by atoms with Crippen molar-refractivity contribution in [1.82, 2.24) is 5.32 Å². The lowest BCUT2D eigenvalue weighted by molar-refractivity contribution is -0.134. The number of ether oxygens (including phenoxy) is 1. The Labute approximate surface area is 231 Å². The van der Waals surface area contributed by atoms with Gasteiger partial charge in [-0.3, -0.25) is 9.69 Å². The second-order valence-corrected chi connectivity index (χ2v) is 11.0. The molecule has 0 bridgehead atoms. The summed E-state index contributed by atoms with van der Waals surface area (Å²) in [6, 6.07) is 26.5. The molecular formula is C32H38N2O3S. The van der Waals surface area contributed by atoms with Crippen LogP contribution in [0.5, 0.6) is 5.75 Å². The van der Waals surface area contributed by atoms with E-state index in [9.17, 15) is 9.59 Å². The van der Waals surface area contributed by atoms with Crippen LogP contribution in [0.1, 0.15) is 63.9 Å². The Hall–Kier alpha value is -3.25. The number of hydrogen-bond donors (Lipinski definition) is 1. The Morgan fingerprint density at radius 1 is 0.895 bits per heavy atom. The molecule has 1 N–H and O–H groups in total. The first-order chi connectivity index (χ1) is 18.6. The highest BCUT2D eigenvalue weighted by Gasteiger charge is 2.21. The number of nitrogens with zero attached hydrogens (tertiary/aromatic N) is 1. The summed E-state index contributed by atoms with van der Waals surface area (Å²) in [7, 11) is 0. The van der Waals surface area contributed by atoms with Crippen LogP contribution in [-0.2, 0) is 11.2 Å². The predicted octanol–water partition coefficient (Wildman–Crippen LogP) is 8.02. The van der Waals surface area contributed by atoms with E-state index in [-0.39, 0.29) is 18.0 Å². The van der Waals surface area contributed by atoms with E-state index in [2.05, 4.69) is 41.7 Å². The van der Waals surface area contributed by atoms with Crippen LogP contribution in [0, 0.1) is 0 Å². The highest BCUT2D eigenvalue weighted by atomic mass is 32.2. The number of aryl methyl sites for hydroxylation is 1. The zero-order valence-corrected chi connectivity index (χ0v) is 23.1. The molecule has 0 saturated heterocycles. The topological polar surface area (TPSA) is 58.6 Å². The largest absolute Gasteiger partial charge is 0.427 e. The van der Waals surface area contributed by atoms with E-state index in [0.29, 0.717) is 18.7 Å². The summed E-state index contributed by atoms with van der Waals surface area (Å²) in [4.78, 5) is 29.1. The van der Waals surface area contributed by atoms with Gasteiger partial charge in [-0.1, -0.05) is 68.3 Å². The molecule has 1 fully saturated rings. The number of rotatable bonds is 11. The maximum absolute atomic E-state index is 13.4. The molecule has 0 radical (unpaired) electrons. The summed E-state index contributed by atoms with van der Waals surface area (Å²) in [6.07, 6.45) is 8.80. The van der Waals surface area contributed by atoms with Crippen LogP contribution in [0.25, 0.3) is 0 Å². The number of benzene rings is 3. The van der Waals surface area contributed by atoms with Gasteiger partial charge in [0, 0.05) is 34.5 Å². The average molecular weight is 531 g/mol. The minimum Gasteiger partial charge on any atom is -0.427 e. The maximum atomic E-state index is 13.4. The smallest absolute Gasteiger partial charge is 0.322 e.